The summed E-state index contributed by atoms with van der Waals surface area (Å²) in [5, 5.41) is 0.843. The molecule has 0 radical (unpaired) electrons. The molecule has 1 heterocycles. The number of pyridine rings is 1. The number of fused-ring (bicyclic) bond motifs is 1. The molecule has 0 atom stereocenters. The van der Waals surface area contributed by atoms with Crippen LogP contribution >= 0.6 is 0 Å². The molecule has 0 saturated heterocycles. The van der Waals surface area contributed by atoms with Gasteiger partial charge >= 0.3 is 6.18 Å². The van der Waals surface area contributed by atoms with Gasteiger partial charge in [0.05, 0.1) is 16.0 Å². The highest BCUT2D eigenvalue weighted by Crippen LogP contribution is 2.30. The first-order valence-corrected chi connectivity index (χ1v) is 8.30. The molecule has 3 rings (SSSR count). The van der Waals surface area contributed by atoms with Crippen molar-refractivity contribution in [3.8, 4) is 0 Å². The van der Waals surface area contributed by atoms with Gasteiger partial charge < -0.3 is 0 Å². The van der Waals surface area contributed by atoms with Crippen LogP contribution in [0.15, 0.2) is 65.6 Å². The molecule has 124 valence electrons. The molecule has 8 heteroatoms. The standard InChI is InChI=1S/C16H11F3N2O2S/c17-16(18,19)12-6-8-13(9-7-12)24(22,23)21-15-10-5-11-3-1-2-4-14(11)20-15/h1-10H,(H,20,21). The van der Waals surface area contributed by atoms with Crippen LogP contribution < -0.4 is 4.72 Å². The molecule has 24 heavy (non-hydrogen) atoms. The molecule has 4 nitrogen and oxygen atoms in total. The summed E-state index contributed by atoms with van der Waals surface area (Å²) in [4.78, 5) is 3.90. The van der Waals surface area contributed by atoms with Gasteiger partial charge in [-0.25, -0.2) is 13.4 Å². The lowest BCUT2D eigenvalue weighted by Crippen LogP contribution is -2.14. The summed E-state index contributed by atoms with van der Waals surface area (Å²) in [6, 6.07) is 13.6. The van der Waals surface area contributed by atoms with Crippen molar-refractivity contribution in [2.75, 3.05) is 4.72 Å². The Balaban J connectivity index is 1.89. The van der Waals surface area contributed by atoms with Gasteiger partial charge in [0, 0.05) is 5.39 Å². The summed E-state index contributed by atoms with van der Waals surface area (Å²) in [6.07, 6.45) is -4.52. The van der Waals surface area contributed by atoms with Crippen molar-refractivity contribution < 1.29 is 21.6 Å². The number of hydrogen-bond donors (Lipinski definition) is 1. The molecular formula is C16H11F3N2O2S. The van der Waals surface area contributed by atoms with Crippen LogP contribution in [0.2, 0.25) is 0 Å². The van der Waals surface area contributed by atoms with Gasteiger partial charge in [-0.1, -0.05) is 18.2 Å². The summed E-state index contributed by atoms with van der Waals surface area (Å²) in [7, 11) is -4.02. The zero-order valence-corrected chi connectivity index (χ0v) is 12.9. The van der Waals surface area contributed by atoms with Gasteiger partial charge in [-0.05, 0) is 42.5 Å². The molecule has 1 N–H and O–H groups in total. The Kier molecular flexibility index (Phi) is 3.92. The third kappa shape index (κ3) is 3.33. The number of nitrogens with one attached hydrogen (secondary N) is 1. The topological polar surface area (TPSA) is 59.1 Å². The van der Waals surface area contributed by atoms with Gasteiger partial charge in [-0.15, -0.1) is 0 Å². The van der Waals surface area contributed by atoms with E-state index in [-0.39, 0.29) is 10.7 Å². The van der Waals surface area contributed by atoms with Crippen molar-refractivity contribution in [2.45, 2.75) is 11.1 Å². The Bertz CT molecular complexity index is 984. The first-order valence-electron chi connectivity index (χ1n) is 6.82. The Hall–Kier alpha value is -2.61. The highest BCUT2D eigenvalue weighted by Gasteiger charge is 2.30. The van der Waals surface area contributed by atoms with E-state index in [2.05, 4.69) is 9.71 Å². The molecule has 0 aliphatic rings. The van der Waals surface area contributed by atoms with Crippen LogP contribution in [-0.4, -0.2) is 13.4 Å². The van der Waals surface area contributed by atoms with Crippen molar-refractivity contribution in [2.24, 2.45) is 0 Å². The predicted octanol–water partition coefficient (Wildman–Crippen LogP) is 4.05. The highest BCUT2D eigenvalue weighted by atomic mass is 32.2. The van der Waals surface area contributed by atoms with Crippen LogP contribution in [0.25, 0.3) is 10.9 Å². The summed E-state index contributed by atoms with van der Waals surface area (Å²) in [5.74, 6) is 0.0913. The molecule has 3 aromatic rings. The Morgan fingerprint density at radius 3 is 2.21 bits per heavy atom. The molecule has 0 unspecified atom stereocenters. The van der Waals surface area contributed by atoms with Gasteiger partial charge in [-0.3, -0.25) is 4.72 Å². The lowest BCUT2D eigenvalue weighted by Gasteiger charge is -2.10. The zero-order valence-electron chi connectivity index (χ0n) is 12.1. The molecule has 0 fully saturated rings. The van der Waals surface area contributed by atoms with E-state index in [1.165, 1.54) is 6.07 Å². The maximum Gasteiger partial charge on any atom is 0.416 e. The molecule has 0 spiro atoms. The predicted molar refractivity (Wildman–Crippen MR) is 84.0 cm³/mol. The summed E-state index contributed by atoms with van der Waals surface area (Å²) in [5.41, 5.74) is -0.310. The van der Waals surface area contributed by atoms with Crippen molar-refractivity contribution in [3.05, 3.63) is 66.2 Å². The second-order valence-electron chi connectivity index (χ2n) is 5.02. The van der Waals surface area contributed by atoms with E-state index in [1.54, 1.807) is 18.2 Å². The van der Waals surface area contributed by atoms with Gasteiger partial charge in [0.25, 0.3) is 10.0 Å². The van der Waals surface area contributed by atoms with Crippen LogP contribution in [-0.2, 0) is 16.2 Å². The number of halogens is 3. The Labute approximate surface area is 136 Å². The van der Waals surface area contributed by atoms with E-state index in [4.69, 9.17) is 0 Å². The number of hydrogen-bond acceptors (Lipinski definition) is 3. The maximum atomic E-state index is 12.5. The lowest BCUT2D eigenvalue weighted by atomic mass is 10.2. The van der Waals surface area contributed by atoms with E-state index in [1.807, 2.05) is 12.1 Å². The van der Waals surface area contributed by atoms with Gasteiger partial charge in [-0.2, -0.15) is 13.2 Å². The van der Waals surface area contributed by atoms with Crippen molar-refractivity contribution in [3.63, 3.8) is 0 Å². The second kappa shape index (κ2) is 5.79. The first-order chi connectivity index (χ1) is 11.3. The molecule has 0 aliphatic carbocycles. The van der Waals surface area contributed by atoms with Crippen LogP contribution in [0.1, 0.15) is 5.56 Å². The van der Waals surface area contributed by atoms with Gasteiger partial charge in [0.2, 0.25) is 0 Å². The Morgan fingerprint density at radius 1 is 0.875 bits per heavy atom. The molecule has 0 bridgehead atoms. The first kappa shape index (κ1) is 16.3. The summed E-state index contributed by atoms with van der Waals surface area (Å²) in [6.45, 7) is 0. The quantitative estimate of drug-likeness (QED) is 0.773. The largest absolute Gasteiger partial charge is 0.416 e. The van der Waals surface area contributed by atoms with E-state index < -0.39 is 21.8 Å². The number of alkyl halides is 3. The molecule has 0 aliphatic heterocycles. The average molecular weight is 352 g/mol. The summed E-state index contributed by atoms with van der Waals surface area (Å²) >= 11 is 0. The molecule has 1 aromatic heterocycles. The second-order valence-corrected chi connectivity index (χ2v) is 6.70. The number of rotatable bonds is 3. The van der Waals surface area contributed by atoms with E-state index in [0.717, 1.165) is 29.7 Å². The normalized spacial score (nSPS) is 12.3. The minimum absolute atomic E-state index is 0.0913. The SMILES string of the molecule is O=S(=O)(Nc1ccc2ccccc2n1)c1ccc(C(F)(F)F)cc1. The van der Waals surface area contributed by atoms with Crippen molar-refractivity contribution in [1.82, 2.24) is 4.98 Å². The van der Waals surface area contributed by atoms with Crippen LogP contribution in [0, 0.1) is 0 Å². The number of aromatic nitrogens is 1. The monoisotopic (exact) mass is 352 g/mol. The fraction of sp³-hybridized carbons (Fsp3) is 0.0625. The smallest absolute Gasteiger partial charge is 0.263 e. The highest BCUT2D eigenvalue weighted by molar-refractivity contribution is 7.92. The minimum Gasteiger partial charge on any atom is -0.263 e. The third-order valence-corrected chi connectivity index (χ3v) is 4.70. The van der Waals surface area contributed by atoms with E-state index >= 15 is 0 Å². The minimum atomic E-state index is -4.52. The van der Waals surface area contributed by atoms with Gasteiger partial charge in [0.1, 0.15) is 5.82 Å². The fourth-order valence-corrected chi connectivity index (χ4v) is 3.14. The molecule has 0 saturated carbocycles. The van der Waals surface area contributed by atoms with Crippen LogP contribution in [0.3, 0.4) is 0 Å². The number of nitrogens with zero attached hydrogens (tertiary/aromatic N) is 1. The van der Waals surface area contributed by atoms with E-state index in [0.29, 0.717) is 5.52 Å². The Morgan fingerprint density at radius 2 is 1.54 bits per heavy atom. The van der Waals surface area contributed by atoms with Crippen LogP contribution in [0.4, 0.5) is 19.0 Å². The number of sulfonamides is 1. The number of benzene rings is 2. The van der Waals surface area contributed by atoms with Crippen LogP contribution in [0.5, 0.6) is 0 Å². The summed E-state index contributed by atoms with van der Waals surface area (Å²) < 4.78 is 64.4. The fourth-order valence-electron chi connectivity index (χ4n) is 2.14. The molecular weight excluding hydrogens is 341 g/mol. The van der Waals surface area contributed by atoms with Crippen molar-refractivity contribution in [1.29, 1.82) is 0 Å². The third-order valence-electron chi connectivity index (χ3n) is 3.33. The maximum absolute atomic E-state index is 12.5. The molecule has 0 amide bonds. The number of anilines is 1. The number of para-hydroxylation sites is 1. The lowest BCUT2D eigenvalue weighted by molar-refractivity contribution is -0.137. The zero-order chi connectivity index (χ0) is 17.4. The van der Waals surface area contributed by atoms with Crippen molar-refractivity contribution >= 4 is 26.7 Å². The van der Waals surface area contributed by atoms with Gasteiger partial charge in [0.15, 0.2) is 0 Å². The molecule has 2 aromatic carbocycles. The average Bonchev–Trinajstić information content (AvgIpc) is 2.54. The van der Waals surface area contributed by atoms with E-state index in [9.17, 15) is 21.6 Å².